The van der Waals surface area contributed by atoms with Crippen LogP contribution in [0, 0.1) is 10.1 Å². The van der Waals surface area contributed by atoms with Crippen LogP contribution in [0.5, 0.6) is 17.4 Å². The largest absolute Gasteiger partial charge is 0.497 e. The molecule has 28 heavy (non-hydrogen) atoms. The van der Waals surface area contributed by atoms with E-state index in [1.165, 1.54) is 12.1 Å². The molecular formula is C22H16N2O4. The van der Waals surface area contributed by atoms with Crippen LogP contribution in [0.25, 0.3) is 22.0 Å². The highest BCUT2D eigenvalue weighted by Crippen LogP contribution is 2.34. The average Bonchev–Trinajstić information content (AvgIpc) is 2.73. The molecule has 0 radical (unpaired) electrons. The van der Waals surface area contributed by atoms with Crippen LogP contribution >= 0.6 is 0 Å². The zero-order chi connectivity index (χ0) is 19.5. The molecule has 3 aromatic carbocycles. The fourth-order valence-electron chi connectivity index (χ4n) is 2.98. The average molecular weight is 372 g/mol. The van der Waals surface area contributed by atoms with E-state index in [-0.39, 0.29) is 5.69 Å². The Morgan fingerprint density at radius 1 is 0.893 bits per heavy atom. The Morgan fingerprint density at radius 3 is 2.29 bits per heavy atom. The van der Waals surface area contributed by atoms with Crippen LogP contribution in [0.1, 0.15) is 0 Å². The molecule has 1 aromatic heterocycles. The van der Waals surface area contributed by atoms with Crippen molar-refractivity contribution >= 4 is 16.6 Å². The van der Waals surface area contributed by atoms with Gasteiger partial charge in [0.1, 0.15) is 11.5 Å². The summed E-state index contributed by atoms with van der Waals surface area (Å²) in [5.41, 5.74) is 2.75. The Balaban J connectivity index is 1.80. The maximum Gasteiger partial charge on any atom is 0.269 e. The molecule has 0 unspecified atom stereocenters. The topological polar surface area (TPSA) is 74.5 Å². The van der Waals surface area contributed by atoms with Crippen molar-refractivity contribution in [1.82, 2.24) is 4.98 Å². The van der Waals surface area contributed by atoms with E-state index in [0.29, 0.717) is 17.4 Å². The Bertz CT molecular complexity index is 1140. The number of fused-ring (bicyclic) bond motifs is 1. The first-order valence-electron chi connectivity index (χ1n) is 8.60. The molecule has 0 aliphatic rings. The molecule has 138 valence electrons. The zero-order valence-corrected chi connectivity index (χ0v) is 15.0. The summed E-state index contributed by atoms with van der Waals surface area (Å²) >= 11 is 0. The van der Waals surface area contributed by atoms with Gasteiger partial charge < -0.3 is 9.47 Å². The smallest absolute Gasteiger partial charge is 0.269 e. The highest BCUT2D eigenvalue weighted by Gasteiger charge is 2.11. The molecule has 0 saturated carbocycles. The Morgan fingerprint density at radius 2 is 1.61 bits per heavy atom. The standard InChI is InChI=1S/C22H16N2O4/c1-27-18-11-12-19-20(15-5-3-2-4-6-15)14-22(23-21(19)13-18)28-17-9-7-16(8-10-17)24(25)26/h2-14H,1H3. The first-order valence-corrected chi connectivity index (χ1v) is 8.60. The lowest BCUT2D eigenvalue weighted by Gasteiger charge is -2.12. The van der Waals surface area contributed by atoms with Crippen molar-refractivity contribution in [3.63, 3.8) is 0 Å². The molecular weight excluding hydrogens is 356 g/mol. The van der Waals surface area contributed by atoms with Crippen LogP contribution in [0.2, 0.25) is 0 Å². The summed E-state index contributed by atoms with van der Waals surface area (Å²) in [5, 5.41) is 11.8. The second-order valence-corrected chi connectivity index (χ2v) is 6.11. The summed E-state index contributed by atoms with van der Waals surface area (Å²) in [6, 6.07) is 23.4. The number of nitrogens with zero attached hydrogens (tertiary/aromatic N) is 2. The van der Waals surface area contributed by atoms with Gasteiger partial charge in [-0.05, 0) is 35.4 Å². The third kappa shape index (κ3) is 3.48. The SMILES string of the molecule is COc1ccc2c(-c3ccccc3)cc(Oc3ccc([N+](=O)[O-])cc3)nc2c1. The summed E-state index contributed by atoms with van der Waals surface area (Å²) in [7, 11) is 1.61. The maximum atomic E-state index is 10.8. The van der Waals surface area contributed by atoms with Crippen molar-refractivity contribution in [2.45, 2.75) is 0 Å². The van der Waals surface area contributed by atoms with E-state index in [1.54, 1.807) is 19.2 Å². The lowest BCUT2D eigenvalue weighted by atomic mass is 10.0. The molecule has 0 amide bonds. The van der Waals surface area contributed by atoms with E-state index in [2.05, 4.69) is 4.98 Å². The van der Waals surface area contributed by atoms with Gasteiger partial charge in [0.15, 0.2) is 0 Å². The van der Waals surface area contributed by atoms with Gasteiger partial charge in [0.25, 0.3) is 5.69 Å². The van der Waals surface area contributed by atoms with Gasteiger partial charge in [0.2, 0.25) is 5.88 Å². The van der Waals surface area contributed by atoms with E-state index < -0.39 is 4.92 Å². The van der Waals surface area contributed by atoms with Crippen molar-refractivity contribution in [2.24, 2.45) is 0 Å². The molecule has 0 saturated heterocycles. The van der Waals surface area contributed by atoms with E-state index >= 15 is 0 Å². The van der Waals surface area contributed by atoms with Gasteiger partial charge >= 0.3 is 0 Å². The normalized spacial score (nSPS) is 10.6. The lowest BCUT2D eigenvalue weighted by molar-refractivity contribution is -0.384. The summed E-state index contributed by atoms with van der Waals surface area (Å²) in [5.74, 6) is 1.57. The minimum absolute atomic E-state index is 0.00790. The Labute approximate surface area is 161 Å². The van der Waals surface area contributed by atoms with Gasteiger partial charge in [-0.1, -0.05) is 30.3 Å². The zero-order valence-electron chi connectivity index (χ0n) is 15.0. The minimum atomic E-state index is -0.447. The molecule has 0 spiro atoms. The molecule has 0 fully saturated rings. The second-order valence-electron chi connectivity index (χ2n) is 6.11. The summed E-state index contributed by atoms with van der Waals surface area (Å²) in [4.78, 5) is 15.0. The number of benzene rings is 3. The van der Waals surface area contributed by atoms with Gasteiger partial charge in [0.05, 0.1) is 17.5 Å². The van der Waals surface area contributed by atoms with Gasteiger partial charge in [-0.15, -0.1) is 0 Å². The maximum absolute atomic E-state index is 10.8. The fraction of sp³-hybridized carbons (Fsp3) is 0.0455. The molecule has 4 rings (SSSR count). The van der Waals surface area contributed by atoms with Gasteiger partial charge in [-0.2, -0.15) is 0 Å². The first-order chi connectivity index (χ1) is 13.6. The molecule has 6 nitrogen and oxygen atoms in total. The minimum Gasteiger partial charge on any atom is -0.497 e. The number of aromatic nitrogens is 1. The number of methoxy groups -OCH3 is 1. The van der Waals surface area contributed by atoms with Crippen LogP contribution in [0.15, 0.2) is 78.9 Å². The van der Waals surface area contributed by atoms with E-state index in [9.17, 15) is 10.1 Å². The number of hydrogen-bond acceptors (Lipinski definition) is 5. The fourth-order valence-corrected chi connectivity index (χ4v) is 2.98. The molecule has 0 aliphatic carbocycles. The molecule has 1 heterocycles. The van der Waals surface area contributed by atoms with E-state index in [1.807, 2.05) is 54.6 Å². The van der Waals surface area contributed by atoms with E-state index in [0.717, 1.165) is 22.0 Å². The van der Waals surface area contributed by atoms with Gasteiger partial charge in [-0.25, -0.2) is 4.98 Å². The van der Waals surface area contributed by atoms with Gasteiger partial charge in [-0.3, -0.25) is 10.1 Å². The van der Waals surface area contributed by atoms with E-state index in [4.69, 9.17) is 9.47 Å². The quantitative estimate of drug-likeness (QED) is 0.336. The first kappa shape index (κ1) is 17.5. The second kappa shape index (κ2) is 7.36. The van der Waals surface area contributed by atoms with Crippen LogP contribution in [0.4, 0.5) is 5.69 Å². The number of nitro groups is 1. The summed E-state index contributed by atoms with van der Waals surface area (Å²) in [6.07, 6.45) is 0. The van der Waals surface area contributed by atoms with Crippen molar-refractivity contribution in [1.29, 1.82) is 0 Å². The highest BCUT2D eigenvalue weighted by atomic mass is 16.6. The summed E-state index contributed by atoms with van der Waals surface area (Å²) < 4.78 is 11.2. The molecule has 0 aliphatic heterocycles. The molecule has 0 N–H and O–H groups in total. The van der Waals surface area contributed by atoms with Crippen molar-refractivity contribution in [2.75, 3.05) is 7.11 Å². The van der Waals surface area contributed by atoms with Crippen LogP contribution in [-0.2, 0) is 0 Å². The molecule has 0 bridgehead atoms. The Hall–Kier alpha value is -3.93. The molecule has 0 atom stereocenters. The van der Waals surface area contributed by atoms with Crippen LogP contribution < -0.4 is 9.47 Å². The van der Waals surface area contributed by atoms with Crippen molar-refractivity contribution in [3.8, 4) is 28.5 Å². The van der Waals surface area contributed by atoms with Crippen LogP contribution in [0.3, 0.4) is 0 Å². The Kier molecular flexibility index (Phi) is 4.60. The molecule has 4 aromatic rings. The van der Waals surface area contributed by atoms with Crippen molar-refractivity contribution < 1.29 is 14.4 Å². The molecule has 6 heteroatoms. The van der Waals surface area contributed by atoms with Crippen LogP contribution in [-0.4, -0.2) is 17.0 Å². The predicted octanol–water partition coefficient (Wildman–Crippen LogP) is 5.61. The summed E-state index contributed by atoms with van der Waals surface area (Å²) in [6.45, 7) is 0. The number of pyridine rings is 1. The third-order valence-corrected chi connectivity index (χ3v) is 4.35. The van der Waals surface area contributed by atoms with Gasteiger partial charge in [0, 0.05) is 29.7 Å². The number of hydrogen-bond donors (Lipinski definition) is 0. The highest BCUT2D eigenvalue weighted by molar-refractivity contribution is 5.95. The number of rotatable bonds is 5. The third-order valence-electron chi connectivity index (χ3n) is 4.35. The number of non-ortho nitro benzene ring substituents is 1. The number of nitro benzene ring substituents is 1. The number of ether oxygens (including phenoxy) is 2. The lowest BCUT2D eigenvalue weighted by Crippen LogP contribution is -1.93. The van der Waals surface area contributed by atoms with Crippen molar-refractivity contribution in [3.05, 3.63) is 89.0 Å². The predicted molar refractivity (Wildman–Crippen MR) is 107 cm³/mol. The monoisotopic (exact) mass is 372 g/mol.